The van der Waals surface area contributed by atoms with Crippen LogP contribution in [0.2, 0.25) is 0 Å². The first-order valence-corrected chi connectivity index (χ1v) is 7.47. The summed E-state index contributed by atoms with van der Waals surface area (Å²) >= 11 is 1.17. The van der Waals surface area contributed by atoms with Gasteiger partial charge in [0.15, 0.2) is 10.7 Å². The highest BCUT2D eigenvalue weighted by Crippen LogP contribution is 2.27. The summed E-state index contributed by atoms with van der Waals surface area (Å²) < 4.78 is 0. The van der Waals surface area contributed by atoms with Crippen molar-refractivity contribution in [2.75, 3.05) is 0 Å². The second kappa shape index (κ2) is 6.34. The number of benzene rings is 2. The third-order valence-electron chi connectivity index (χ3n) is 3.31. The fraction of sp³-hybridized carbons (Fsp3) is 0.176. The zero-order valence-electron chi connectivity index (χ0n) is 12.2. The number of hydrogen-bond donors (Lipinski definition) is 2. The lowest BCUT2D eigenvalue weighted by atomic mass is 9.94. The van der Waals surface area contributed by atoms with Gasteiger partial charge in [-0.3, -0.25) is 4.79 Å². The first-order chi connectivity index (χ1) is 10.3. The maximum absolute atomic E-state index is 11.0. The molecule has 0 heterocycles. The van der Waals surface area contributed by atoms with Crippen molar-refractivity contribution >= 4 is 22.8 Å². The van der Waals surface area contributed by atoms with Crippen molar-refractivity contribution in [1.29, 1.82) is 0 Å². The molecule has 0 saturated carbocycles. The van der Waals surface area contributed by atoms with Gasteiger partial charge in [-0.1, -0.05) is 48.2 Å². The third kappa shape index (κ3) is 3.55. The molecule has 0 aliphatic heterocycles. The van der Waals surface area contributed by atoms with Crippen LogP contribution in [0.5, 0.6) is 0 Å². The van der Waals surface area contributed by atoms with Gasteiger partial charge in [0.1, 0.15) is 0 Å². The molecule has 0 aliphatic carbocycles. The molecule has 0 amide bonds. The lowest BCUT2D eigenvalue weighted by Crippen LogP contribution is -2.31. The lowest BCUT2D eigenvalue weighted by Gasteiger charge is -2.18. The van der Waals surface area contributed by atoms with Gasteiger partial charge in [0.05, 0.1) is 0 Å². The molecule has 0 saturated heterocycles. The van der Waals surface area contributed by atoms with Crippen molar-refractivity contribution in [3.8, 4) is 11.1 Å². The Kier molecular flexibility index (Phi) is 4.68. The predicted octanol–water partition coefficient (Wildman–Crippen LogP) is 3.28. The zero-order chi connectivity index (χ0) is 16.3. The van der Waals surface area contributed by atoms with Gasteiger partial charge in [0.2, 0.25) is 0 Å². The minimum absolute atomic E-state index is 0.0352. The molecule has 0 aromatic heterocycles. The second-order valence-corrected chi connectivity index (χ2v) is 6.32. The fourth-order valence-corrected chi connectivity index (χ4v) is 2.60. The van der Waals surface area contributed by atoms with E-state index in [4.69, 9.17) is 5.11 Å². The van der Waals surface area contributed by atoms with Crippen molar-refractivity contribution in [3.63, 3.8) is 0 Å². The number of hydrogen-bond acceptors (Lipinski definition) is 4. The average molecular weight is 316 g/mol. The monoisotopic (exact) mass is 316 g/mol. The predicted molar refractivity (Wildman–Crippen MR) is 85.6 cm³/mol. The molecule has 0 bridgehead atoms. The molecule has 5 heteroatoms. The van der Waals surface area contributed by atoms with Crippen molar-refractivity contribution in [2.45, 2.75) is 24.3 Å². The van der Waals surface area contributed by atoms with Crippen molar-refractivity contribution in [2.24, 2.45) is 0 Å². The van der Waals surface area contributed by atoms with E-state index >= 15 is 0 Å². The average Bonchev–Trinajstić information content (AvgIpc) is 2.47. The standard InChI is InChI=1S/C17H16O4S/c1-11(18)22-15-9-5-13(6-10-15)12-3-7-14(8-4-12)17(2,21)16(19)20/h3-10,21H,1-2H3,(H,19,20). The summed E-state index contributed by atoms with van der Waals surface area (Å²) in [7, 11) is 0. The summed E-state index contributed by atoms with van der Waals surface area (Å²) in [5, 5.41) is 18.9. The summed E-state index contributed by atoms with van der Waals surface area (Å²) in [5.41, 5.74) is 0.284. The van der Waals surface area contributed by atoms with Crippen LogP contribution in [0.3, 0.4) is 0 Å². The molecule has 114 valence electrons. The van der Waals surface area contributed by atoms with Crippen LogP contribution in [-0.2, 0) is 15.2 Å². The molecule has 0 aliphatic rings. The molecule has 2 aromatic rings. The third-order valence-corrected chi connectivity index (χ3v) is 4.11. The van der Waals surface area contributed by atoms with E-state index in [2.05, 4.69) is 0 Å². The number of aliphatic hydroxyl groups is 1. The number of rotatable bonds is 4. The van der Waals surface area contributed by atoms with E-state index in [1.165, 1.54) is 25.6 Å². The summed E-state index contributed by atoms with van der Waals surface area (Å²) in [6.45, 7) is 2.77. The Morgan fingerprint density at radius 2 is 1.41 bits per heavy atom. The molecule has 22 heavy (non-hydrogen) atoms. The van der Waals surface area contributed by atoms with E-state index in [1.807, 2.05) is 24.3 Å². The molecule has 2 aromatic carbocycles. The first-order valence-electron chi connectivity index (χ1n) is 6.66. The highest BCUT2D eigenvalue weighted by Gasteiger charge is 2.31. The minimum Gasteiger partial charge on any atom is -0.479 e. The van der Waals surface area contributed by atoms with Gasteiger partial charge in [0.25, 0.3) is 0 Å². The van der Waals surface area contributed by atoms with Gasteiger partial charge in [-0.25, -0.2) is 4.79 Å². The number of carbonyl (C=O) groups is 2. The summed E-state index contributed by atoms with van der Waals surface area (Å²) in [5.74, 6) is -1.29. The van der Waals surface area contributed by atoms with Crippen LogP contribution in [0.1, 0.15) is 19.4 Å². The van der Waals surface area contributed by atoms with Crippen LogP contribution in [0.15, 0.2) is 53.4 Å². The van der Waals surface area contributed by atoms with E-state index in [0.29, 0.717) is 5.56 Å². The maximum Gasteiger partial charge on any atom is 0.340 e. The van der Waals surface area contributed by atoms with Gasteiger partial charge in [-0.2, -0.15) is 0 Å². The molecular weight excluding hydrogens is 300 g/mol. The Bertz CT molecular complexity index is 688. The van der Waals surface area contributed by atoms with E-state index in [0.717, 1.165) is 16.0 Å². The molecule has 1 atom stereocenters. The van der Waals surface area contributed by atoms with Gasteiger partial charge >= 0.3 is 5.97 Å². The number of carboxylic acids is 1. The normalized spacial score (nSPS) is 13.4. The number of aliphatic carboxylic acids is 1. The first kappa shape index (κ1) is 16.3. The van der Waals surface area contributed by atoms with Gasteiger partial charge < -0.3 is 10.2 Å². The zero-order valence-corrected chi connectivity index (χ0v) is 13.1. The molecule has 0 spiro atoms. The van der Waals surface area contributed by atoms with Crippen LogP contribution in [-0.4, -0.2) is 21.3 Å². The van der Waals surface area contributed by atoms with E-state index in [9.17, 15) is 14.7 Å². The van der Waals surface area contributed by atoms with Gasteiger partial charge in [0, 0.05) is 11.8 Å². The fourth-order valence-electron chi connectivity index (χ4n) is 1.99. The molecule has 1 unspecified atom stereocenters. The Morgan fingerprint density at radius 3 is 1.82 bits per heavy atom. The number of carboxylic acid groups (broad SMARTS) is 1. The van der Waals surface area contributed by atoms with E-state index < -0.39 is 11.6 Å². The summed E-state index contributed by atoms with van der Waals surface area (Å²) in [6, 6.07) is 14.2. The second-order valence-electron chi connectivity index (χ2n) is 5.07. The van der Waals surface area contributed by atoms with E-state index in [1.54, 1.807) is 24.3 Å². The van der Waals surface area contributed by atoms with Crippen molar-refractivity contribution < 1.29 is 19.8 Å². The van der Waals surface area contributed by atoms with Crippen LogP contribution in [0.25, 0.3) is 11.1 Å². The molecular formula is C17H16O4S. The summed E-state index contributed by atoms with van der Waals surface area (Å²) in [6.07, 6.45) is 0. The summed E-state index contributed by atoms with van der Waals surface area (Å²) in [4.78, 5) is 22.9. The van der Waals surface area contributed by atoms with Crippen molar-refractivity contribution in [1.82, 2.24) is 0 Å². The smallest absolute Gasteiger partial charge is 0.340 e. The quantitative estimate of drug-likeness (QED) is 0.847. The largest absolute Gasteiger partial charge is 0.479 e. The minimum atomic E-state index is -1.90. The molecule has 0 fully saturated rings. The Morgan fingerprint density at radius 1 is 0.955 bits per heavy atom. The maximum atomic E-state index is 11.0. The van der Waals surface area contributed by atoms with Crippen molar-refractivity contribution in [3.05, 3.63) is 54.1 Å². The molecule has 2 N–H and O–H groups in total. The lowest BCUT2D eigenvalue weighted by molar-refractivity contribution is -0.157. The Hall–Kier alpha value is -2.11. The Balaban J connectivity index is 2.24. The van der Waals surface area contributed by atoms with Crippen LogP contribution in [0.4, 0.5) is 0 Å². The van der Waals surface area contributed by atoms with Gasteiger partial charge in [-0.05, 0) is 35.7 Å². The van der Waals surface area contributed by atoms with Crippen LogP contribution in [0, 0.1) is 0 Å². The highest BCUT2D eigenvalue weighted by atomic mass is 32.2. The molecule has 0 radical (unpaired) electrons. The number of thioether (sulfide) groups is 1. The van der Waals surface area contributed by atoms with Crippen LogP contribution >= 0.6 is 11.8 Å². The Labute approximate surface area is 132 Å². The van der Waals surface area contributed by atoms with Crippen LogP contribution < -0.4 is 0 Å². The number of carbonyl (C=O) groups excluding carboxylic acids is 1. The molecule has 2 rings (SSSR count). The van der Waals surface area contributed by atoms with Gasteiger partial charge in [-0.15, -0.1) is 0 Å². The van der Waals surface area contributed by atoms with E-state index in [-0.39, 0.29) is 5.12 Å². The SMILES string of the molecule is CC(=O)Sc1ccc(-c2ccc(C(C)(O)C(=O)O)cc2)cc1. The topological polar surface area (TPSA) is 74.6 Å². The molecule has 4 nitrogen and oxygen atoms in total. The highest BCUT2D eigenvalue weighted by molar-refractivity contribution is 8.13.